The van der Waals surface area contributed by atoms with Crippen LogP contribution in [0.1, 0.15) is 5.56 Å². The van der Waals surface area contributed by atoms with Crippen molar-refractivity contribution in [1.82, 2.24) is 0 Å². The summed E-state index contributed by atoms with van der Waals surface area (Å²) < 4.78 is 0. The van der Waals surface area contributed by atoms with E-state index < -0.39 is 8.80 Å². The van der Waals surface area contributed by atoms with Crippen LogP contribution in [0.15, 0.2) is 84.9 Å². The molecule has 0 amide bonds. The van der Waals surface area contributed by atoms with Gasteiger partial charge in [0.05, 0.1) is 0 Å². The van der Waals surface area contributed by atoms with E-state index in [4.69, 9.17) is 11.6 Å². The van der Waals surface area contributed by atoms with E-state index in [-0.39, 0.29) is 0 Å². The lowest BCUT2D eigenvalue weighted by molar-refractivity contribution is 1.12. The maximum absolute atomic E-state index is 6.32. The number of halogens is 1. The van der Waals surface area contributed by atoms with E-state index >= 15 is 0 Å². The molecule has 0 aliphatic carbocycles. The number of hydrogen-bond acceptors (Lipinski definition) is 0. The van der Waals surface area contributed by atoms with Gasteiger partial charge >= 0.3 is 0 Å². The molecule has 0 bridgehead atoms. The van der Waals surface area contributed by atoms with Crippen LogP contribution in [0.4, 0.5) is 0 Å². The highest BCUT2D eigenvalue weighted by Gasteiger charge is 2.16. The molecule has 0 heterocycles. The zero-order valence-electron chi connectivity index (χ0n) is 12.5. The average molecular weight is 323 g/mol. The Balaban J connectivity index is 1.85. The molecule has 0 saturated heterocycles. The molecule has 0 unspecified atom stereocenters. The molecule has 0 fully saturated rings. The van der Waals surface area contributed by atoms with Gasteiger partial charge in [0.1, 0.15) is 8.80 Å². The Morgan fingerprint density at radius 3 is 1.68 bits per heavy atom. The molecule has 3 rings (SSSR count). The first-order valence-electron chi connectivity index (χ1n) is 7.68. The van der Waals surface area contributed by atoms with Crippen molar-refractivity contribution >= 4 is 30.8 Å². The highest BCUT2D eigenvalue weighted by atomic mass is 35.5. The number of aryl methyl sites for hydroxylation is 1. The second-order valence-corrected chi connectivity index (χ2v) is 8.93. The van der Waals surface area contributed by atoms with E-state index in [1.54, 1.807) is 0 Å². The Morgan fingerprint density at radius 1 is 0.636 bits per heavy atom. The SMILES string of the molecule is Clc1ccccc1CC[SiH](c1ccccc1)c1ccccc1. The summed E-state index contributed by atoms with van der Waals surface area (Å²) in [6, 6.07) is 31.3. The molecule has 0 aliphatic heterocycles. The molecule has 0 saturated carbocycles. The molecule has 0 aliphatic rings. The summed E-state index contributed by atoms with van der Waals surface area (Å²) >= 11 is 6.32. The molecular weight excluding hydrogens is 304 g/mol. The van der Waals surface area contributed by atoms with Gasteiger partial charge < -0.3 is 0 Å². The predicted molar refractivity (Wildman–Crippen MR) is 99.3 cm³/mol. The molecule has 0 nitrogen and oxygen atoms in total. The second kappa shape index (κ2) is 7.44. The summed E-state index contributed by atoms with van der Waals surface area (Å²) in [6.07, 6.45) is 1.04. The van der Waals surface area contributed by atoms with Crippen LogP contribution in [0.5, 0.6) is 0 Å². The van der Waals surface area contributed by atoms with E-state index in [1.165, 1.54) is 22.0 Å². The third kappa shape index (κ3) is 3.68. The molecule has 110 valence electrons. The van der Waals surface area contributed by atoms with Gasteiger partial charge in [-0.3, -0.25) is 0 Å². The van der Waals surface area contributed by atoms with Crippen molar-refractivity contribution < 1.29 is 0 Å². The minimum Gasteiger partial charge on any atom is -0.0840 e. The van der Waals surface area contributed by atoms with Crippen LogP contribution in [0.25, 0.3) is 0 Å². The van der Waals surface area contributed by atoms with E-state index in [9.17, 15) is 0 Å². The molecule has 3 aromatic rings. The lowest BCUT2D eigenvalue weighted by Crippen LogP contribution is -2.42. The third-order valence-corrected chi connectivity index (χ3v) is 7.68. The average Bonchev–Trinajstić information content (AvgIpc) is 2.59. The van der Waals surface area contributed by atoms with E-state index in [2.05, 4.69) is 72.8 Å². The molecule has 3 aromatic carbocycles. The van der Waals surface area contributed by atoms with Crippen LogP contribution in [0.3, 0.4) is 0 Å². The van der Waals surface area contributed by atoms with Crippen molar-refractivity contribution in [2.24, 2.45) is 0 Å². The zero-order valence-corrected chi connectivity index (χ0v) is 14.4. The number of benzene rings is 3. The first-order valence-corrected chi connectivity index (χ1v) is 10.0. The molecule has 22 heavy (non-hydrogen) atoms. The molecular formula is C20H19ClSi. The Morgan fingerprint density at radius 2 is 1.14 bits per heavy atom. The summed E-state index contributed by atoms with van der Waals surface area (Å²) in [7, 11) is -1.20. The van der Waals surface area contributed by atoms with E-state index in [0.717, 1.165) is 11.4 Å². The maximum Gasteiger partial charge on any atom is 0.103 e. The van der Waals surface area contributed by atoms with Gasteiger partial charge in [0.15, 0.2) is 0 Å². The Hall–Kier alpha value is -1.83. The maximum atomic E-state index is 6.32. The summed E-state index contributed by atoms with van der Waals surface area (Å²) in [4.78, 5) is 0. The topological polar surface area (TPSA) is 0 Å². The fourth-order valence-electron chi connectivity index (χ4n) is 2.90. The van der Waals surface area contributed by atoms with Crippen LogP contribution in [-0.4, -0.2) is 8.80 Å². The Kier molecular flexibility index (Phi) is 5.10. The van der Waals surface area contributed by atoms with Gasteiger partial charge in [0, 0.05) is 5.02 Å². The normalized spacial score (nSPS) is 10.8. The molecule has 0 atom stereocenters. The Bertz CT molecular complexity index is 671. The van der Waals surface area contributed by atoms with Crippen molar-refractivity contribution in [3.8, 4) is 0 Å². The quantitative estimate of drug-likeness (QED) is 0.624. The largest absolute Gasteiger partial charge is 0.103 e. The first kappa shape index (κ1) is 15.1. The Labute approximate surface area is 139 Å². The van der Waals surface area contributed by atoms with Crippen molar-refractivity contribution in [2.75, 3.05) is 0 Å². The van der Waals surface area contributed by atoms with Crippen LogP contribution in [-0.2, 0) is 6.42 Å². The molecule has 2 heteroatoms. The minimum atomic E-state index is -1.20. The van der Waals surface area contributed by atoms with Crippen molar-refractivity contribution in [1.29, 1.82) is 0 Å². The minimum absolute atomic E-state index is 0.886. The highest BCUT2D eigenvalue weighted by Crippen LogP contribution is 2.17. The van der Waals surface area contributed by atoms with Gasteiger partial charge in [-0.15, -0.1) is 0 Å². The summed E-state index contributed by atoms with van der Waals surface area (Å²) in [5, 5.41) is 3.89. The zero-order chi connectivity index (χ0) is 15.2. The van der Waals surface area contributed by atoms with Gasteiger partial charge in [-0.25, -0.2) is 0 Å². The van der Waals surface area contributed by atoms with Gasteiger partial charge in [-0.05, 0) is 24.1 Å². The van der Waals surface area contributed by atoms with Crippen LogP contribution in [0.2, 0.25) is 11.1 Å². The van der Waals surface area contributed by atoms with Crippen molar-refractivity contribution in [3.63, 3.8) is 0 Å². The smallest absolute Gasteiger partial charge is 0.0840 e. The van der Waals surface area contributed by atoms with Gasteiger partial charge in [0.25, 0.3) is 0 Å². The van der Waals surface area contributed by atoms with Crippen molar-refractivity contribution in [2.45, 2.75) is 12.5 Å². The van der Waals surface area contributed by atoms with E-state index in [1.807, 2.05) is 12.1 Å². The number of hydrogen-bond donors (Lipinski definition) is 0. The first-order chi connectivity index (χ1) is 10.8. The highest BCUT2D eigenvalue weighted by molar-refractivity contribution is 6.85. The molecule has 0 spiro atoms. The van der Waals surface area contributed by atoms with Crippen LogP contribution >= 0.6 is 11.6 Å². The van der Waals surface area contributed by atoms with Crippen LogP contribution < -0.4 is 10.4 Å². The van der Waals surface area contributed by atoms with E-state index in [0.29, 0.717) is 0 Å². The van der Waals surface area contributed by atoms with Crippen molar-refractivity contribution in [3.05, 3.63) is 95.5 Å². The standard InChI is InChI=1S/C20H19ClSi/c21-20-14-8-7-9-17(20)15-16-22(18-10-3-1-4-11-18)19-12-5-2-6-13-19/h1-14,22H,15-16H2. The van der Waals surface area contributed by atoms with Gasteiger partial charge in [-0.1, -0.05) is 101 Å². The van der Waals surface area contributed by atoms with Gasteiger partial charge in [0.2, 0.25) is 0 Å². The third-order valence-electron chi connectivity index (χ3n) is 4.06. The lowest BCUT2D eigenvalue weighted by atomic mass is 10.2. The molecule has 0 aromatic heterocycles. The summed E-state index contributed by atoms with van der Waals surface area (Å²) in [5.74, 6) is 0. The summed E-state index contributed by atoms with van der Waals surface area (Å²) in [6.45, 7) is 0. The fraction of sp³-hybridized carbons (Fsp3) is 0.100. The number of rotatable bonds is 5. The van der Waals surface area contributed by atoms with Crippen LogP contribution in [0, 0.1) is 0 Å². The fourth-order valence-corrected chi connectivity index (χ4v) is 6.15. The molecule has 0 radical (unpaired) electrons. The van der Waals surface area contributed by atoms with Gasteiger partial charge in [-0.2, -0.15) is 0 Å². The second-order valence-electron chi connectivity index (χ2n) is 5.50. The summed E-state index contributed by atoms with van der Waals surface area (Å²) in [5.41, 5.74) is 1.26. The monoisotopic (exact) mass is 322 g/mol. The lowest BCUT2D eigenvalue weighted by Gasteiger charge is -2.17. The predicted octanol–water partition coefficient (Wildman–Crippen LogP) is 3.92. The molecule has 0 N–H and O–H groups in total.